The smallest absolute Gasteiger partial charge is 0.106 e. The number of nitrogens with one attached hydrogen (secondary N) is 1. The van der Waals surface area contributed by atoms with Crippen molar-refractivity contribution in [1.29, 1.82) is 0 Å². The first-order valence-electron chi connectivity index (χ1n) is 4.14. The van der Waals surface area contributed by atoms with Gasteiger partial charge in [-0.05, 0) is 13.0 Å². The van der Waals surface area contributed by atoms with E-state index in [-0.39, 0.29) is 0 Å². The molecule has 13 heavy (non-hydrogen) atoms. The highest BCUT2D eigenvalue weighted by atomic mass is 15.3. The number of aromatic nitrogens is 4. The summed E-state index contributed by atoms with van der Waals surface area (Å²) in [5.74, 6) is 0. The maximum atomic E-state index is 5.72. The number of nitrogens with two attached hydrogens (primary N) is 1. The average molecular weight is 177 g/mol. The summed E-state index contributed by atoms with van der Waals surface area (Å²) in [6.45, 7) is 2.85. The van der Waals surface area contributed by atoms with Crippen LogP contribution in [0, 0.1) is 0 Å². The van der Waals surface area contributed by atoms with E-state index in [0.29, 0.717) is 5.69 Å². The van der Waals surface area contributed by atoms with Crippen LogP contribution in [0.1, 0.15) is 6.92 Å². The highest BCUT2D eigenvalue weighted by Gasteiger charge is 2.08. The van der Waals surface area contributed by atoms with E-state index in [4.69, 9.17) is 5.73 Å². The lowest BCUT2D eigenvalue weighted by Gasteiger charge is -2.02. The van der Waals surface area contributed by atoms with Gasteiger partial charge in [0, 0.05) is 12.7 Å². The molecule has 0 radical (unpaired) electrons. The molecule has 0 aliphatic heterocycles. The molecular formula is C8H11N5. The number of hydrogen-bond acceptors (Lipinski definition) is 3. The van der Waals surface area contributed by atoms with Crippen LogP contribution in [0.25, 0.3) is 11.4 Å². The van der Waals surface area contributed by atoms with Crippen molar-refractivity contribution in [1.82, 2.24) is 20.0 Å². The maximum absolute atomic E-state index is 5.72. The van der Waals surface area contributed by atoms with Crippen LogP contribution in [0.4, 0.5) is 5.69 Å². The van der Waals surface area contributed by atoms with Gasteiger partial charge in [-0.1, -0.05) is 0 Å². The van der Waals surface area contributed by atoms with Crippen molar-refractivity contribution in [2.75, 3.05) is 5.73 Å². The van der Waals surface area contributed by atoms with Crippen LogP contribution in [0.3, 0.4) is 0 Å². The molecule has 0 bridgehead atoms. The molecule has 68 valence electrons. The molecule has 3 N–H and O–H groups in total. The molecule has 0 saturated heterocycles. The minimum absolute atomic E-state index is 0.648. The van der Waals surface area contributed by atoms with E-state index in [1.165, 1.54) is 0 Å². The van der Waals surface area contributed by atoms with E-state index in [0.717, 1.165) is 17.9 Å². The largest absolute Gasteiger partial charge is 0.396 e. The van der Waals surface area contributed by atoms with Crippen LogP contribution in [0.15, 0.2) is 18.5 Å². The van der Waals surface area contributed by atoms with E-state index >= 15 is 0 Å². The Labute approximate surface area is 75.6 Å². The highest BCUT2D eigenvalue weighted by Crippen LogP contribution is 2.21. The second kappa shape index (κ2) is 2.93. The highest BCUT2D eigenvalue weighted by molar-refractivity contribution is 5.68. The fraction of sp³-hybridized carbons (Fsp3) is 0.250. The molecule has 2 heterocycles. The standard InChI is InChI=1S/C8H11N5/c1-2-13-7(3-4-11-13)8-6(9)5-10-12-8/h3-5H,2,9H2,1H3,(H,10,12). The zero-order chi connectivity index (χ0) is 9.26. The second-order valence-corrected chi connectivity index (χ2v) is 2.73. The third kappa shape index (κ3) is 1.18. The van der Waals surface area contributed by atoms with Crippen molar-refractivity contribution < 1.29 is 0 Å². The number of H-pyrrole nitrogens is 1. The summed E-state index contributed by atoms with van der Waals surface area (Å²) in [5.41, 5.74) is 8.17. The topological polar surface area (TPSA) is 72.5 Å². The van der Waals surface area contributed by atoms with Gasteiger partial charge in [0.1, 0.15) is 5.69 Å². The number of rotatable bonds is 2. The van der Waals surface area contributed by atoms with Crippen molar-refractivity contribution in [3.8, 4) is 11.4 Å². The van der Waals surface area contributed by atoms with E-state index in [1.54, 1.807) is 12.4 Å². The van der Waals surface area contributed by atoms with E-state index < -0.39 is 0 Å². The third-order valence-corrected chi connectivity index (χ3v) is 1.94. The van der Waals surface area contributed by atoms with Gasteiger partial charge in [-0.15, -0.1) is 0 Å². The van der Waals surface area contributed by atoms with Crippen molar-refractivity contribution in [2.45, 2.75) is 13.5 Å². The molecule has 0 atom stereocenters. The molecule has 2 aromatic heterocycles. The second-order valence-electron chi connectivity index (χ2n) is 2.73. The first-order valence-corrected chi connectivity index (χ1v) is 4.14. The lowest BCUT2D eigenvalue weighted by atomic mass is 10.3. The average Bonchev–Trinajstić information content (AvgIpc) is 2.71. The van der Waals surface area contributed by atoms with Crippen LogP contribution < -0.4 is 5.73 Å². The van der Waals surface area contributed by atoms with Gasteiger partial charge in [-0.3, -0.25) is 9.78 Å². The van der Waals surface area contributed by atoms with Gasteiger partial charge in [0.2, 0.25) is 0 Å². The van der Waals surface area contributed by atoms with Gasteiger partial charge in [0.05, 0.1) is 17.6 Å². The quantitative estimate of drug-likeness (QED) is 0.715. The molecule has 0 unspecified atom stereocenters. The predicted octanol–water partition coefficient (Wildman–Crippen LogP) is 0.875. The molecule has 5 nitrogen and oxygen atoms in total. The number of aromatic amines is 1. The van der Waals surface area contributed by atoms with Gasteiger partial charge in [0.15, 0.2) is 0 Å². The Balaban J connectivity index is 2.52. The Kier molecular flexibility index (Phi) is 1.77. The number of anilines is 1. The third-order valence-electron chi connectivity index (χ3n) is 1.94. The zero-order valence-corrected chi connectivity index (χ0v) is 7.36. The number of nitrogen functional groups attached to an aromatic ring is 1. The van der Waals surface area contributed by atoms with Crippen molar-refractivity contribution in [3.05, 3.63) is 18.5 Å². The summed E-state index contributed by atoms with van der Waals surface area (Å²) in [6, 6.07) is 1.91. The molecular weight excluding hydrogens is 166 g/mol. The molecule has 2 rings (SSSR count). The Morgan fingerprint density at radius 3 is 3.08 bits per heavy atom. The lowest BCUT2D eigenvalue weighted by molar-refractivity contribution is 0.665. The van der Waals surface area contributed by atoms with Crippen LogP contribution in [0.5, 0.6) is 0 Å². The summed E-state index contributed by atoms with van der Waals surface area (Å²) in [4.78, 5) is 0. The predicted molar refractivity (Wildman–Crippen MR) is 49.9 cm³/mol. The van der Waals surface area contributed by atoms with Gasteiger partial charge in [0.25, 0.3) is 0 Å². The Morgan fingerprint density at radius 2 is 2.46 bits per heavy atom. The fourth-order valence-corrected chi connectivity index (χ4v) is 1.30. The minimum Gasteiger partial charge on any atom is -0.396 e. The van der Waals surface area contributed by atoms with Crippen LogP contribution >= 0.6 is 0 Å². The first-order chi connectivity index (χ1) is 6.33. The van der Waals surface area contributed by atoms with E-state index in [2.05, 4.69) is 15.3 Å². The Hall–Kier alpha value is -1.78. The molecule has 0 aromatic carbocycles. The minimum atomic E-state index is 0.648. The summed E-state index contributed by atoms with van der Waals surface area (Å²) in [6.07, 6.45) is 3.35. The van der Waals surface area contributed by atoms with Crippen molar-refractivity contribution >= 4 is 5.69 Å². The van der Waals surface area contributed by atoms with Gasteiger partial charge >= 0.3 is 0 Å². The zero-order valence-electron chi connectivity index (χ0n) is 7.36. The van der Waals surface area contributed by atoms with E-state index in [1.807, 2.05) is 17.7 Å². The van der Waals surface area contributed by atoms with Crippen molar-refractivity contribution in [2.24, 2.45) is 0 Å². The van der Waals surface area contributed by atoms with Gasteiger partial charge in [-0.25, -0.2) is 0 Å². The SMILES string of the molecule is CCn1nccc1-c1[nH]ncc1N. The normalized spacial score (nSPS) is 10.5. The number of aryl methyl sites for hydroxylation is 1. The Morgan fingerprint density at radius 1 is 1.62 bits per heavy atom. The Bertz CT molecular complexity index is 400. The molecule has 0 amide bonds. The first kappa shape index (κ1) is 7.85. The number of nitrogens with zero attached hydrogens (tertiary/aromatic N) is 3. The monoisotopic (exact) mass is 177 g/mol. The van der Waals surface area contributed by atoms with Gasteiger partial charge in [-0.2, -0.15) is 10.2 Å². The summed E-state index contributed by atoms with van der Waals surface area (Å²) < 4.78 is 1.86. The van der Waals surface area contributed by atoms with Crippen molar-refractivity contribution in [3.63, 3.8) is 0 Å². The lowest BCUT2D eigenvalue weighted by Crippen LogP contribution is -2.00. The molecule has 2 aromatic rings. The molecule has 0 fully saturated rings. The molecule has 0 spiro atoms. The van der Waals surface area contributed by atoms with Crippen LogP contribution in [-0.2, 0) is 6.54 Å². The van der Waals surface area contributed by atoms with Crippen LogP contribution in [0.2, 0.25) is 0 Å². The summed E-state index contributed by atoms with van der Waals surface area (Å²) in [5, 5.41) is 10.9. The number of hydrogen-bond donors (Lipinski definition) is 2. The fourth-order valence-electron chi connectivity index (χ4n) is 1.30. The van der Waals surface area contributed by atoms with Crippen LogP contribution in [-0.4, -0.2) is 20.0 Å². The summed E-state index contributed by atoms with van der Waals surface area (Å²) in [7, 11) is 0. The molecule has 0 saturated carbocycles. The molecule has 5 heteroatoms. The maximum Gasteiger partial charge on any atom is 0.106 e. The van der Waals surface area contributed by atoms with E-state index in [9.17, 15) is 0 Å². The van der Waals surface area contributed by atoms with Gasteiger partial charge < -0.3 is 5.73 Å². The molecule has 0 aliphatic rings. The summed E-state index contributed by atoms with van der Waals surface area (Å²) >= 11 is 0. The molecule has 0 aliphatic carbocycles.